The highest BCUT2D eigenvalue weighted by atomic mass is 16.5. The van der Waals surface area contributed by atoms with Gasteiger partial charge in [0.1, 0.15) is 0 Å². The topological polar surface area (TPSA) is 21.3 Å². The first-order chi connectivity index (χ1) is 8.16. The summed E-state index contributed by atoms with van der Waals surface area (Å²) in [6.07, 6.45) is 2.64. The lowest BCUT2D eigenvalue weighted by Crippen LogP contribution is -2.39. The Morgan fingerprint density at radius 3 is 2.82 bits per heavy atom. The second-order valence-electron chi connectivity index (χ2n) is 5.15. The molecule has 94 valence electrons. The van der Waals surface area contributed by atoms with Crippen molar-refractivity contribution in [2.75, 3.05) is 6.61 Å². The third-order valence-corrected chi connectivity index (χ3v) is 3.63. The molecule has 1 aromatic rings. The van der Waals surface area contributed by atoms with Gasteiger partial charge in [-0.25, -0.2) is 0 Å². The second-order valence-corrected chi connectivity index (χ2v) is 5.15. The summed E-state index contributed by atoms with van der Waals surface area (Å²) < 4.78 is 5.58. The van der Waals surface area contributed by atoms with E-state index in [9.17, 15) is 0 Å². The second kappa shape index (κ2) is 5.65. The van der Waals surface area contributed by atoms with Gasteiger partial charge in [0.15, 0.2) is 0 Å². The van der Waals surface area contributed by atoms with Crippen LogP contribution in [0.1, 0.15) is 43.9 Å². The molecule has 1 saturated heterocycles. The van der Waals surface area contributed by atoms with Gasteiger partial charge in [0, 0.05) is 18.7 Å². The Kier molecular flexibility index (Phi) is 4.19. The molecule has 2 nitrogen and oxygen atoms in total. The third-order valence-electron chi connectivity index (χ3n) is 3.63. The molecule has 2 rings (SSSR count). The zero-order valence-electron chi connectivity index (χ0n) is 11.1. The third kappa shape index (κ3) is 3.30. The van der Waals surface area contributed by atoms with E-state index in [2.05, 4.69) is 50.4 Å². The van der Waals surface area contributed by atoms with Crippen molar-refractivity contribution in [1.29, 1.82) is 0 Å². The van der Waals surface area contributed by atoms with Crippen molar-refractivity contribution in [3.8, 4) is 0 Å². The van der Waals surface area contributed by atoms with Crippen LogP contribution in [0.3, 0.4) is 0 Å². The van der Waals surface area contributed by atoms with E-state index in [4.69, 9.17) is 4.74 Å². The van der Waals surface area contributed by atoms with E-state index in [0.29, 0.717) is 18.2 Å². The van der Waals surface area contributed by atoms with Crippen LogP contribution in [0.2, 0.25) is 0 Å². The molecule has 0 aromatic heterocycles. The monoisotopic (exact) mass is 233 g/mol. The molecule has 2 unspecified atom stereocenters. The normalized spacial score (nSPS) is 26.8. The molecule has 0 spiro atoms. The zero-order chi connectivity index (χ0) is 12.3. The van der Waals surface area contributed by atoms with Crippen LogP contribution < -0.4 is 5.32 Å². The fourth-order valence-electron chi connectivity index (χ4n) is 2.67. The number of benzene rings is 1. The summed E-state index contributed by atoms with van der Waals surface area (Å²) in [5.41, 5.74) is 2.78. The van der Waals surface area contributed by atoms with E-state index >= 15 is 0 Å². The Morgan fingerprint density at radius 1 is 1.35 bits per heavy atom. The van der Waals surface area contributed by atoms with Gasteiger partial charge in [0.2, 0.25) is 0 Å². The molecule has 1 aromatic carbocycles. The predicted molar refractivity (Wildman–Crippen MR) is 71.2 cm³/mol. The largest absolute Gasteiger partial charge is 0.378 e. The van der Waals surface area contributed by atoms with Crippen LogP contribution >= 0.6 is 0 Å². The maximum Gasteiger partial charge on any atom is 0.0561 e. The standard InChI is InChI=1S/C15H23NO/c1-11-6-4-5-7-15(11)13(3)16-14-8-9-17-12(2)10-14/h4-7,12-14,16H,8-10H2,1-3H3/t12?,13-,14?/m0/s1. The van der Waals surface area contributed by atoms with Crippen LogP contribution in [-0.2, 0) is 4.74 Å². The van der Waals surface area contributed by atoms with Gasteiger partial charge in [0.25, 0.3) is 0 Å². The van der Waals surface area contributed by atoms with Crippen molar-refractivity contribution in [2.24, 2.45) is 0 Å². The molecule has 1 N–H and O–H groups in total. The van der Waals surface area contributed by atoms with E-state index in [0.717, 1.165) is 19.4 Å². The molecule has 2 heteroatoms. The first-order valence-electron chi connectivity index (χ1n) is 6.60. The minimum atomic E-state index is 0.394. The Labute approximate surface area is 104 Å². The van der Waals surface area contributed by atoms with E-state index < -0.39 is 0 Å². The van der Waals surface area contributed by atoms with Crippen LogP contribution in [0.4, 0.5) is 0 Å². The molecule has 1 fully saturated rings. The summed E-state index contributed by atoms with van der Waals surface area (Å²) in [6.45, 7) is 7.48. The van der Waals surface area contributed by atoms with Gasteiger partial charge in [-0.1, -0.05) is 24.3 Å². The van der Waals surface area contributed by atoms with Crippen LogP contribution in [0.5, 0.6) is 0 Å². The summed E-state index contributed by atoms with van der Waals surface area (Å²) in [5.74, 6) is 0. The first kappa shape index (κ1) is 12.6. The number of hydrogen-bond acceptors (Lipinski definition) is 2. The average molecular weight is 233 g/mol. The lowest BCUT2D eigenvalue weighted by molar-refractivity contribution is 0.0116. The summed E-state index contributed by atoms with van der Waals surface area (Å²) in [4.78, 5) is 0. The van der Waals surface area contributed by atoms with E-state index in [1.54, 1.807) is 0 Å². The van der Waals surface area contributed by atoms with Gasteiger partial charge in [-0.05, 0) is 44.7 Å². The van der Waals surface area contributed by atoms with Gasteiger partial charge >= 0.3 is 0 Å². The quantitative estimate of drug-likeness (QED) is 0.865. The maximum absolute atomic E-state index is 5.58. The lowest BCUT2D eigenvalue weighted by Gasteiger charge is -2.31. The molecule has 0 bridgehead atoms. The molecule has 1 aliphatic heterocycles. The minimum Gasteiger partial charge on any atom is -0.378 e. The van der Waals surface area contributed by atoms with Crippen molar-refractivity contribution < 1.29 is 4.74 Å². The van der Waals surface area contributed by atoms with Crippen molar-refractivity contribution in [3.63, 3.8) is 0 Å². The minimum absolute atomic E-state index is 0.394. The molecular weight excluding hydrogens is 210 g/mol. The summed E-state index contributed by atoms with van der Waals surface area (Å²) in [5, 5.41) is 3.73. The molecule has 3 atom stereocenters. The Hall–Kier alpha value is -0.860. The molecule has 0 saturated carbocycles. The smallest absolute Gasteiger partial charge is 0.0561 e. The van der Waals surface area contributed by atoms with E-state index in [1.165, 1.54) is 11.1 Å². The van der Waals surface area contributed by atoms with E-state index in [-0.39, 0.29) is 0 Å². The number of ether oxygens (including phenoxy) is 1. The van der Waals surface area contributed by atoms with Crippen LogP contribution in [0.15, 0.2) is 24.3 Å². The van der Waals surface area contributed by atoms with Crippen LogP contribution in [0, 0.1) is 6.92 Å². The van der Waals surface area contributed by atoms with E-state index in [1.807, 2.05) is 0 Å². The van der Waals surface area contributed by atoms with Gasteiger partial charge in [-0.3, -0.25) is 0 Å². The fourth-order valence-corrected chi connectivity index (χ4v) is 2.67. The Morgan fingerprint density at radius 2 is 2.12 bits per heavy atom. The molecule has 17 heavy (non-hydrogen) atoms. The molecule has 0 radical (unpaired) electrons. The molecule has 1 heterocycles. The zero-order valence-corrected chi connectivity index (χ0v) is 11.1. The van der Waals surface area contributed by atoms with Gasteiger partial charge in [-0.2, -0.15) is 0 Å². The SMILES string of the molecule is Cc1ccccc1[C@H](C)NC1CCOC(C)C1. The number of hydrogen-bond donors (Lipinski definition) is 1. The van der Waals surface area contributed by atoms with Crippen molar-refractivity contribution in [1.82, 2.24) is 5.32 Å². The molecular formula is C15H23NO. The predicted octanol–water partition coefficient (Wildman–Crippen LogP) is 3.21. The lowest BCUT2D eigenvalue weighted by atomic mass is 9.99. The van der Waals surface area contributed by atoms with Gasteiger partial charge in [0.05, 0.1) is 6.10 Å². The van der Waals surface area contributed by atoms with Crippen molar-refractivity contribution in [3.05, 3.63) is 35.4 Å². The highest BCUT2D eigenvalue weighted by Crippen LogP contribution is 2.21. The van der Waals surface area contributed by atoms with Gasteiger partial charge < -0.3 is 10.1 Å². The highest BCUT2D eigenvalue weighted by molar-refractivity contribution is 5.28. The molecule has 0 aliphatic carbocycles. The number of aryl methyl sites for hydroxylation is 1. The maximum atomic E-state index is 5.58. The van der Waals surface area contributed by atoms with Crippen molar-refractivity contribution in [2.45, 2.75) is 51.8 Å². The highest BCUT2D eigenvalue weighted by Gasteiger charge is 2.21. The average Bonchev–Trinajstić information content (AvgIpc) is 2.29. The summed E-state index contributed by atoms with van der Waals surface area (Å²) in [7, 11) is 0. The summed E-state index contributed by atoms with van der Waals surface area (Å²) >= 11 is 0. The fraction of sp³-hybridized carbons (Fsp3) is 0.600. The first-order valence-corrected chi connectivity index (χ1v) is 6.60. The Bertz CT molecular complexity index is 364. The van der Waals surface area contributed by atoms with Crippen LogP contribution in [-0.4, -0.2) is 18.8 Å². The molecule has 1 aliphatic rings. The summed E-state index contributed by atoms with van der Waals surface area (Å²) in [6, 6.07) is 9.63. The number of rotatable bonds is 3. The van der Waals surface area contributed by atoms with Crippen molar-refractivity contribution >= 4 is 0 Å². The Balaban J connectivity index is 1.97. The van der Waals surface area contributed by atoms with Crippen LogP contribution in [0.25, 0.3) is 0 Å². The molecule has 0 amide bonds. The van der Waals surface area contributed by atoms with Gasteiger partial charge in [-0.15, -0.1) is 0 Å². The number of nitrogens with one attached hydrogen (secondary N) is 1.